The van der Waals surface area contributed by atoms with E-state index in [1.807, 2.05) is 6.07 Å². The van der Waals surface area contributed by atoms with Crippen molar-refractivity contribution in [3.63, 3.8) is 0 Å². The molecule has 1 atom stereocenters. The number of hydrogen-bond acceptors (Lipinski definition) is 2. The van der Waals surface area contributed by atoms with Crippen LogP contribution in [0.5, 0.6) is 5.75 Å². The SMILES string of the molecule is C=C(Cl)CNC1CCOc2c(Cl)cc(Cl)cc21. The molecule has 2 nitrogen and oxygen atoms in total. The third-order valence-corrected chi connectivity index (χ3v) is 3.24. The first kappa shape index (κ1) is 13.0. The molecule has 1 N–H and O–H groups in total. The lowest BCUT2D eigenvalue weighted by atomic mass is 10.0. The lowest BCUT2D eigenvalue weighted by Crippen LogP contribution is -2.28. The van der Waals surface area contributed by atoms with Crippen molar-refractivity contribution in [2.75, 3.05) is 13.2 Å². The van der Waals surface area contributed by atoms with Crippen LogP contribution in [0.4, 0.5) is 0 Å². The van der Waals surface area contributed by atoms with Crippen LogP contribution in [0.1, 0.15) is 18.0 Å². The summed E-state index contributed by atoms with van der Waals surface area (Å²) in [5, 5.41) is 5.03. The van der Waals surface area contributed by atoms with Crippen LogP contribution < -0.4 is 10.1 Å². The van der Waals surface area contributed by atoms with Crippen molar-refractivity contribution in [3.05, 3.63) is 39.4 Å². The predicted octanol–water partition coefficient (Wildman–Crippen LogP) is 4.16. The van der Waals surface area contributed by atoms with Crippen LogP contribution in [0.3, 0.4) is 0 Å². The van der Waals surface area contributed by atoms with Crippen LogP contribution in [-0.2, 0) is 0 Å². The molecule has 0 amide bonds. The third kappa shape index (κ3) is 3.08. The van der Waals surface area contributed by atoms with Gasteiger partial charge in [0.25, 0.3) is 0 Å². The highest BCUT2D eigenvalue weighted by molar-refractivity contribution is 6.35. The van der Waals surface area contributed by atoms with E-state index < -0.39 is 0 Å². The molecule has 1 aromatic rings. The fraction of sp³-hybridized carbons (Fsp3) is 0.333. The molecule has 1 aliphatic heterocycles. The summed E-state index contributed by atoms with van der Waals surface area (Å²) in [5.74, 6) is 0.708. The molecule has 0 bridgehead atoms. The molecule has 1 unspecified atom stereocenters. The Morgan fingerprint density at radius 1 is 1.47 bits per heavy atom. The van der Waals surface area contributed by atoms with Crippen molar-refractivity contribution < 1.29 is 4.74 Å². The van der Waals surface area contributed by atoms with Crippen LogP contribution in [0.2, 0.25) is 10.0 Å². The molecule has 0 spiro atoms. The first-order valence-corrected chi connectivity index (χ1v) is 6.39. The number of fused-ring (bicyclic) bond motifs is 1. The van der Waals surface area contributed by atoms with Crippen LogP contribution in [-0.4, -0.2) is 13.2 Å². The van der Waals surface area contributed by atoms with Gasteiger partial charge in [-0.2, -0.15) is 0 Å². The minimum Gasteiger partial charge on any atom is -0.492 e. The molecule has 5 heteroatoms. The molecule has 0 saturated heterocycles. The summed E-state index contributed by atoms with van der Waals surface area (Å²) in [6, 6.07) is 3.70. The standard InChI is InChI=1S/C12H12Cl3NO/c1-7(13)6-16-11-2-3-17-12-9(11)4-8(14)5-10(12)15/h4-5,11,16H,1-3,6H2. The number of benzene rings is 1. The van der Waals surface area contributed by atoms with Gasteiger partial charge in [0.2, 0.25) is 0 Å². The van der Waals surface area contributed by atoms with Gasteiger partial charge >= 0.3 is 0 Å². The quantitative estimate of drug-likeness (QED) is 0.903. The van der Waals surface area contributed by atoms with Crippen LogP contribution in [0.15, 0.2) is 23.7 Å². The molecule has 2 rings (SSSR count). The molecular weight excluding hydrogens is 280 g/mol. The van der Waals surface area contributed by atoms with Gasteiger partial charge in [-0.25, -0.2) is 0 Å². The highest BCUT2D eigenvalue weighted by atomic mass is 35.5. The Morgan fingerprint density at radius 3 is 2.94 bits per heavy atom. The molecule has 0 aromatic heterocycles. The Morgan fingerprint density at radius 2 is 2.24 bits per heavy atom. The van der Waals surface area contributed by atoms with Crippen LogP contribution in [0, 0.1) is 0 Å². The zero-order valence-electron chi connectivity index (χ0n) is 9.10. The lowest BCUT2D eigenvalue weighted by molar-refractivity contribution is 0.255. The topological polar surface area (TPSA) is 21.3 Å². The second-order valence-electron chi connectivity index (χ2n) is 3.89. The Hall–Kier alpha value is -0.410. The summed E-state index contributed by atoms with van der Waals surface area (Å²) in [5.41, 5.74) is 0.978. The minimum absolute atomic E-state index is 0.144. The predicted molar refractivity (Wildman–Crippen MR) is 72.3 cm³/mol. The average Bonchev–Trinajstić information content (AvgIpc) is 2.26. The van der Waals surface area contributed by atoms with Gasteiger partial charge in [0.05, 0.1) is 11.6 Å². The molecule has 1 heterocycles. The smallest absolute Gasteiger partial charge is 0.142 e. The van der Waals surface area contributed by atoms with Crippen molar-refractivity contribution in [2.24, 2.45) is 0 Å². The number of hydrogen-bond donors (Lipinski definition) is 1. The van der Waals surface area contributed by atoms with Gasteiger partial charge in [-0.05, 0) is 12.1 Å². The van der Waals surface area contributed by atoms with E-state index in [0.717, 1.165) is 12.0 Å². The first-order chi connectivity index (χ1) is 8.08. The number of halogens is 3. The molecule has 0 aliphatic carbocycles. The maximum Gasteiger partial charge on any atom is 0.142 e. The summed E-state index contributed by atoms with van der Waals surface area (Å²) < 4.78 is 5.56. The Balaban J connectivity index is 2.27. The molecule has 0 saturated carbocycles. The van der Waals surface area contributed by atoms with Crippen molar-refractivity contribution in [3.8, 4) is 5.75 Å². The van der Waals surface area contributed by atoms with Gasteiger partial charge in [-0.15, -0.1) is 0 Å². The fourth-order valence-corrected chi connectivity index (χ4v) is 2.51. The Kier molecular flexibility index (Phi) is 4.21. The van der Waals surface area contributed by atoms with Gasteiger partial charge in [0.15, 0.2) is 0 Å². The highest BCUT2D eigenvalue weighted by Gasteiger charge is 2.23. The zero-order chi connectivity index (χ0) is 12.4. The van der Waals surface area contributed by atoms with Crippen LogP contribution >= 0.6 is 34.8 Å². The van der Waals surface area contributed by atoms with E-state index in [9.17, 15) is 0 Å². The summed E-state index contributed by atoms with van der Waals surface area (Å²) >= 11 is 17.8. The molecule has 1 aromatic carbocycles. The average molecular weight is 293 g/mol. The molecule has 1 aliphatic rings. The van der Waals surface area contributed by atoms with Gasteiger partial charge in [0.1, 0.15) is 5.75 Å². The van der Waals surface area contributed by atoms with Crippen molar-refractivity contribution in [1.82, 2.24) is 5.32 Å². The maximum atomic E-state index is 6.09. The van der Waals surface area contributed by atoms with Crippen molar-refractivity contribution in [1.29, 1.82) is 0 Å². The third-order valence-electron chi connectivity index (χ3n) is 2.61. The maximum absolute atomic E-state index is 6.09. The summed E-state index contributed by atoms with van der Waals surface area (Å²) in [4.78, 5) is 0. The fourth-order valence-electron chi connectivity index (χ4n) is 1.87. The number of rotatable bonds is 3. The van der Waals surface area contributed by atoms with Gasteiger partial charge < -0.3 is 10.1 Å². The Bertz CT molecular complexity index is 448. The molecule has 92 valence electrons. The second kappa shape index (κ2) is 5.49. The van der Waals surface area contributed by atoms with Gasteiger partial charge in [0, 0.05) is 34.6 Å². The van der Waals surface area contributed by atoms with Crippen molar-refractivity contribution >= 4 is 34.8 Å². The van der Waals surface area contributed by atoms with Crippen LogP contribution in [0.25, 0.3) is 0 Å². The minimum atomic E-state index is 0.144. The van der Waals surface area contributed by atoms with E-state index in [-0.39, 0.29) is 6.04 Å². The van der Waals surface area contributed by atoms with E-state index in [0.29, 0.717) is 34.0 Å². The molecule has 0 fully saturated rings. The lowest BCUT2D eigenvalue weighted by Gasteiger charge is -2.27. The summed E-state index contributed by atoms with van der Waals surface area (Å²) in [7, 11) is 0. The van der Waals surface area contributed by atoms with E-state index in [1.165, 1.54) is 0 Å². The highest BCUT2D eigenvalue weighted by Crippen LogP contribution is 2.39. The van der Waals surface area contributed by atoms with E-state index in [2.05, 4.69) is 11.9 Å². The normalized spacial score (nSPS) is 18.4. The van der Waals surface area contributed by atoms with Gasteiger partial charge in [-0.3, -0.25) is 0 Å². The monoisotopic (exact) mass is 291 g/mol. The first-order valence-electron chi connectivity index (χ1n) is 5.26. The zero-order valence-corrected chi connectivity index (χ0v) is 11.4. The van der Waals surface area contributed by atoms with Gasteiger partial charge in [-0.1, -0.05) is 41.4 Å². The molecule has 17 heavy (non-hydrogen) atoms. The van der Waals surface area contributed by atoms with Crippen molar-refractivity contribution in [2.45, 2.75) is 12.5 Å². The number of ether oxygens (including phenoxy) is 1. The van der Waals surface area contributed by atoms with E-state index in [4.69, 9.17) is 39.5 Å². The van der Waals surface area contributed by atoms with E-state index in [1.54, 1.807) is 6.07 Å². The molecule has 0 radical (unpaired) electrons. The number of nitrogens with one attached hydrogen (secondary N) is 1. The molecular formula is C12H12Cl3NO. The summed E-state index contributed by atoms with van der Waals surface area (Å²) in [6.07, 6.45) is 0.855. The Labute approximate surface area is 115 Å². The largest absolute Gasteiger partial charge is 0.492 e. The second-order valence-corrected chi connectivity index (χ2v) is 5.27. The van der Waals surface area contributed by atoms with E-state index >= 15 is 0 Å². The summed E-state index contributed by atoms with van der Waals surface area (Å²) in [6.45, 7) is 4.83.